The molecule has 1 nitrogen and oxygen atoms in total. The van der Waals surface area contributed by atoms with Gasteiger partial charge in [0.25, 0.3) is 0 Å². The van der Waals surface area contributed by atoms with Crippen LogP contribution in [0.1, 0.15) is 26.7 Å². The van der Waals surface area contributed by atoms with E-state index in [-0.39, 0.29) is 5.66 Å². The zero-order chi connectivity index (χ0) is 16.9. The Morgan fingerprint density at radius 1 is 0.917 bits per heavy atom. The average molecular weight is 336 g/mol. The Morgan fingerprint density at radius 3 is 1.83 bits per heavy atom. The summed E-state index contributed by atoms with van der Waals surface area (Å²) >= 11 is 0. The minimum absolute atomic E-state index is 0.0825. The molecule has 0 N–H and O–H groups in total. The zero-order valence-electron chi connectivity index (χ0n) is 14.5. The Labute approximate surface area is 145 Å². The van der Waals surface area contributed by atoms with Crippen molar-refractivity contribution in [2.75, 3.05) is 0 Å². The Bertz CT molecular complexity index is 763. The maximum atomic E-state index is 14.5. The van der Waals surface area contributed by atoms with Crippen LogP contribution in [0.3, 0.4) is 0 Å². The fourth-order valence-electron chi connectivity index (χ4n) is 4.89. The first-order valence-corrected chi connectivity index (χ1v) is 10.6. The van der Waals surface area contributed by atoms with Gasteiger partial charge in [0.2, 0.25) is 0 Å². The van der Waals surface area contributed by atoms with Crippen molar-refractivity contribution in [3.8, 4) is 0 Å². The number of hydrogen-bond donors (Lipinski definition) is 0. The average Bonchev–Trinajstić information content (AvgIpc) is 2.62. The topological polar surface area (TPSA) is 17.1 Å². The second-order valence-electron chi connectivity index (χ2n) is 7.96. The molecule has 0 saturated heterocycles. The Morgan fingerprint density at radius 2 is 1.42 bits per heavy atom. The molecule has 2 bridgehead atoms. The van der Waals surface area contributed by atoms with Gasteiger partial charge in [0, 0.05) is 16.3 Å². The van der Waals surface area contributed by atoms with E-state index in [0.717, 1.165) is 17.0 Å². The van der Waals surface area contributed by atoms with Crippen molar-refractivity contribution in [2.24, 2.45) is 17.3 Å². The summed E-state index contributed by atoms with van der Waals surface area (Å²) in [5.41, 5.74) is 1.63. The van der Waals surface area contributed by atoms with Gasteiger partial charge in [-0.15, -0.1) is 0 Å². The summed E-state index contributed by atoms with van der Waals surface area (Å²) in [6.45, 7) is 9.16. The summed E-state index contributed by atoms with van der Waals surface area (Å²) in [6, 6.07) is 20.1. The van der Waals surface area contributed by atoms with E-state index < -0.39 is 7.14 Å². The Hall–Kier alpha value is -1.59. The third kappa shape index (κ3) is 2.11. The van der Waals surface area contributed by atoms with E-state index >= 15 is 0 Å². The van der Waals surface area contributed by atoms with Gasteiger partial charge in [-0.25, -0.2) is 0 Å². The molecule has 3 saturated carbocycles. The first kappa shape index (κ1) is 15.9. The van der Waals surface area contributed by atoms with Crippen molar-refractivity contribution in [2.45, 2.75) is 32.3 Å². The second kappa shape index (κ2) is 5.46. The zero-order valence-corrected chi connectivity index (χ0v) is 15.4. The maximum absolute atomic E-state index is 14.5. The SMILES string of the molecule is C=C1[C@H]2C[C@@H](C[C@@H]1P(=O)(c1ccccc1)c1ccccc1)C2(C)C. The van der Waals surface area contributed by atoms with E-state index in [1.165, 1.54) is 12.0 Å². The Kier molecular flexibility index (Phi) is 3.62. The molecule has 0 radical (unpaired) electrons. The van der Waals surface area contributed by atoms with Gasteiger partial charge in [-0.1, -0.05) is 86.7 Å². The summed E-state index contributed by atoms with van der Waals surface area (Å²) in [5.74, 6) is 1.18. The monoisotopic (exact) mass is 336 g/mol. The van der Waals surface area contributed by atoms with Crippen LogP contribution in [0.4, 0.5) is 0 Å². The van der Waals surface area contributed by atoms with E-state index in [1.54, 1.807) is 0 Å². The lowest BCUT2D eigenvalue weighted by molar-refractivity contribution is -0.0258. The van der Waals surface area contributed by atoms with Crippen LogP contribution < -0.4 is 10.6 Å². The molecule has 24 heavy (non-hydrogen) atoms. The van der Waals surface area contributed by atoms with Crippen molar-refractivity contribution in [1.29, 1.82) is 0 Å². The highest BCUT2D eigenvalue weighted by atomic mass is 31.2. The highest BCUT2D eigenvalue weighted by Crippen LogP contribution is 2.68. The number of rotatable bonds is 3. The minimum Gasteiger partial charge on any atom is -0.313 e. The van der Waals surface area contributed by atoms with Gasteiger partial charge in [0.1, 0.15) is 7.14 Å². The van der Waals surface area contributed by atoms with E-state index in [2.05, 4.69) is 20.4 Å². The normalized spacial score (nSPS) is 28.2. The molecule has 0 unspecified atom stereocenters. The van der Waals surface area contributed by atoms with E-state index in [4.69, 9.17) is 0 Å². The number of benzene rings is 2. The molecule has 3 atom stereocenters. The van der Waals surface area contributed by atoms with Gasteiger partial charge in [0.05, 0.1) is 0 Å². The van der Waals surface area contributed by atoms with Crippen LogP contribution >= 0.6 is 7.14 Å². The molecule has 2 heteroatoms. The standard InChI is InChI=1S/C22H25OP/c1-16-20-14-17(22(20,2)3)15-21(16)24(23,18-10-6-4-7-11-18)19-12-8-5-9-13-19/h4-13,17,20-21H,1,14-15H2,2-3H3/t17-,20+,21-/m0/s1. The molecular weight excluding hydrogens is 311 g/mol. The third-order valence-electron chi connectivity index (χ3n) is 6.57. The highest BCUT2D eigenvalue weighted by molar-refractivity contribution is 7.79. The van der Waals surface area contributed by atoms with Crippen LogP contribution in [0.15, 0.2) is 72.8 Å². The molecule has 2 aromatic rings. The van der Waals surface area contributed by atoms with Gasteiger partial charge in [-0.3, -0.25) is 0 Å². The first-order chi connectivity index (χ1) is 11.5. The van der Waals surface area contributed by atoms with Gasteiger partial charge >= 0.3 is 0 Å². The van der Waals surface area contributed by atoms with Gasteiger partial charge in [0.15, 0.2) is 0 Å². The molecule has 3 aliphatic carbocycles. The van der Waals surface area contributed by atoms with Crippen molar-refractivity contribution < 1.29 is 4.57 Å². The van der Waals surface area contributed by atoms with Crippen molar-refractivity contribution in [1.82, 2.24) is 0 Å². The summed E-state index contributed by atoms with van der Waals surface area (Å²) in [7, 11) is -2.72. The molecule has 0 aromatic heterocycles. The summed E-state index contributed by atoms with van der Waals surface area (Å²) < 4.78 is 14.5. The van der Waals surface area contributed by atoms with Crippen molar-refractivity contribution in [3.63, 3.8) is 0 Å². The van der Waals surface area contributed by atoms with Crippen LogP contribution in [0.5, 0.6) is 0 Å². The lowest BCUT2D eigenvalue weighted by Crippen LogP contribution is -2.54. The molecule has 0 heterocycles. The molecule has 5 rings (SSSR count). The van der Waals surface area contributed by atoms with E-state index in [0.29, 0.717) is 17.3 Å². The molecule has 124 valence electrons. The van der Waals surface area contributed by atoms with Crippen LogP contribution in [-0.2, 0) is 4.57 Å². The van der Waals surface area contributed by atoms with Crippen molar-refractivity contribution >= 4 is 17.8 Å². The predicted octanol–water partition coefficient (Wildman–Crippen LogP) is 4.99. The fraction of sp³-hybridized carbons (Fsp3) is 0.364. The molecular formula is C22H25OP. The lowest BCUT2D eigenvalue weighted by atomic mass is 9.47. The number of hydrogen-bond acceptors (Lipinski definition) is 1. The first-order valence-electron chi connectivity index (χ1n) is 8.85. The second-order valence-corrected chi connectivity index (χ2v) is 10.9. The van der Waals surface area contributed by atoms with Gasteiger partial charge < -0.3 is 4.57 Å². The summed E-state index contributed by atoms with van der Waals surface area (Å²) in [4.78, 5) is 0. The largest absolute Gasteiger partial charge is 0.313 e. The molecule has 0 aliphatic heterocycles. The molecule has 0 amide bonds. The Balaban J connectivity index is 1.84. The molecule has 0 spiro atoms. The van der Waals surface area contributed by atoms with E-state index in [9.17, 15) is 4.57 Å². The number of fused-ring (bicyclic) bond motifs is 2. The van der Waals surface area contributed by atoms with Crippen LogP contribution in [0.2, 0.25) is 0 Å². The van der Waals surface area contributed by atoms with Crippen LogP contribution in [0, 0.1) is 17.3 Å². The van der Waals surface area contributed by atoms with Crippen LogP contribution in [-0.4, -0.2) is 5.66 Å². The summed E-state index contributed by atoms with van der Waals surface area (Å²) in [5, 5.41) is 1.95. The summed E-state index contributed by atoms with van der Waals surface area (Å²) in [6.07, 6.45) is 2.23. The number of allylic oxidation sites excluding steroid dienone is 1. The molecule has 3 aliphatic rings. The van der Waals surface area contributed by atoms with E-state index in [1.807, 2.05) is 60.7 Å². The van der Waals surface area contributed by atoms with Crippen LogP contribution in [0.25, 0.3) is 0 Å². The van der Waals surface area contributed by atoms with Gasteiger partial charge in [-0.2, -0.15) is 0 Å². The molecule has 2 aromatic carbocycles. The third-order valence-corrected chi connectivity index (χ3v) is 10.1. The highest BCUT2D eigenvalue weighted by Gasteiger charge is 2.58. The smallest absolute Gasteiger partial charge is 0.150 e. The maximum Gasteiger partial charge on any atom is 0.150 e. The predicted molar refractivity (Wildman–Crippen MR) is 103 cm³/mol. The molecule has 3 fully saturated rings. The quantitative estimate of drug-likeness (QED) is 0.570. The lowest BCUT2D eigenvalue weighted by Gasteiger charge is -2.60. The van der Waals surface area contributed by atoms with Gasteiger partial charge in [-0.05, 0) is 30.1 Å². The van der Waals surface area contributed by atoms with Crippen molar-refractivity contribution in [3.05, 3.63) is 72.8 Å². The fourth-order valence-corrected chi connectivity index (χ4v) is 8.33. The minimum atomic E-state index is -2.72.